The number of imide groups is 1. The lowest BCUT2D eigenvalue weighted by molar-refractivity contribution is -0.384. The van der Waals surface area contributed by atoms with E-state index in [4.69, 9.17) is 4.42 Å². The Hall–Kier alpha value is -3.42. The molecule has 138 valence electrons. The Kier molecular flexibility index (Phi) is 4.23. The van der Waals surface area contributed by atoms with Crippen LogP contribution in [0.2, 0.25) is 0 Å². The third-order valence-electron chi connectivity index (χ3n) is 4.83. The number of furan rings is 1. The normalized spacial score (nSPS) is 17.3. The van der Waals surface area contributed by atoms with Crippen molar-refractivity contribution in [2.24, 2.45) is 0 Å². The molecule has 2 aliphatic rings. The predicted octanol–water partition coefficient (Wildman–Crippen LogP) is 2.56. The van der Waals surface area contributed by atoms with Crippen LogP contribution < -0.4 is 0 Å². The zero-order valence-corrected chi connectivity index (χ0v) is 14.5. The van der Waals surface area contributed by atoms with E-state index in [1.54, 1.807) is 12.1 Å². The van der Waals surface area contributed by atoms with Gasteiger partial charge in [0.2, 0.25) is 0 Å². The number of likely N-dealkylation sites (tertiary alicyclic amines) is 1. The molecule has 27 heavy (non-hydrogen) atoms. The molecule has 4 rings (SSSR count). The topological polar surface area (TPSA) is 96.9 Å². The first-order valence-electron chi connectivity index (χ1n) is 8.69. The number of nitro benzene ring substituents is 1. The van der Waals surface area contributed by atoms with E-state index in [0.717, 1.165) is 12.8 Å². The van der Waals surface area contributed by atoms with Gasteiger partial charge in [-0.2, -0.15) is 0 Å². The fourth-order valence-corrected chi connectivity index (χ4v) is 3.51. The Labute approximate surface area is 154 Å². The molecule has 2 amide bonds. The SMILES string of the molecule is O=C1C(c2ccc([N+](=O)[O-])cc2)=C(N2CCCC2)C(=O)N1Cc1ccco1. The lowest BCUT2D eigenvalue weighted by Gasteiger charge is -2.19. The predicted molar refractivity (Wildman–Crippen MR) is 95.1 cm³/mol. The van der Waals surface area contributed by atoms with Crippen molar-refractivity contribution in [3.05, 3.63) is 69.8 Å². The molecule has 0 atom stereocenters. The number of non-ortho nitro benzene ring substituents is 1. The summed E-state index contributed by atoms with van der Waals surface area (Å²) in [7, 11) is 0. The highest BCUT2D eigenvalue weighted by Gasteiger charge is 2.42. The largest absolute Gasteiger partial charge is 0.467 e. The molecule has 2 aliphatic heterocycles. The van der Waals surface area contributed by atoms with E-state index in [1.165, 1.54) is 35.4 Å². The molecule has 1 saturated heterocycles. The molecule has 1 aromatic carbocycles. The van der Waals surface area contributed by atoms with Gasteiger partial charge in [0.15, 0.2) is 0 Å². The molecule has 1 fully saturated rings. The molecule has 0 radical (unpaired) electrons. The molecule has 8 nitrogen and oxygen atoms in total. The molecular formula is C19H17N3O5. The second-order valence-electron chi connectivity index (χ2n) is 6.50. The third-order valence-corrected chi connectivity index (χ3v) is 4.83. The Morgan fingerprint density at radius 3 is 2.33 bits per heavy atom. The minimum absolute atomic E-state index is 0.0541. The maximum atomic E-state index is 13.1. The number of benzene rings is 1. The van der Waals surface area contributed by atoms with Crippen molar-refractivity contribution >= 4 is 23.1 Å². The summed E-state index contributed by atoms with van der Waals surface area (Å²) < 4.78 is 5.28. The molecule has 0 N–H and O–H groups in total. The van der Waals surface area contributed by atoms with Crippen LogP contribution in [-0.2, 0) is 16.1 Å². The summed E-state index contributed by atoms with van der Waals surface area (Å²) in [4.78, 5) is 39.6. The molecular weight excluding hydrogens is 350 g/mol. The zero-order chi connectivity index (χ0) is 19.0. The fourth-order valence-electron chi connectivity index (χ4n) is 3.51. The van der Waals surface area contributed by atoms with E-state index in [2.05, 4.69) is 0 Å². The maximum absolute atomic E-state index is 13.1. The lowest BCUT2D eigenvalue weighted by Crippen LogP contribution is -2.33. The highest BCUT2D eigenvalue weighted by atomic mass is 16.6. The molecule has 3 heterocycles. The van der Waals surface area contributed by atoms with E-state index >= 15 is 0 Å². The van der Waals surface area contributed by atoms with Gasteiger partial charge < -0.3 is 9.32 Å². The molecule has 0 unspecified atom stereocenters. The van der Waals surface area contributed by atoms with Crippen LogP contribution in [0.15, 0.2) is 52.8 Å². The number of nitro groups is 1. The number of hydrogen-bond donors (Lipinski definition) is 0. The summed E-state index contributed by atoms with van der Waals surface area (Å²) in [5, 5.41) is 10.9. The minimum atomic E-state index is -0.496. The average molecular weight is 367 g/mol. The van der Waals surface area contributed by atoms with Gasteiger partial charge in [-0.25, -0.2) is 0 Å². The van der Waals surface area contributed by atoms with Gasteiger partial charge in [-0.3, -0.25) is 24.6 Å². The summed E-state index contributed by atoms with van der Waals surface area (Å²) in [6, 6.07) is 9.14. The second-order valence-corrected chi connectivity index (χ2v) is 6.50. The van der Waals surface area contributed by atoms with Gasteiger partial charge in [0, 0.05) is 25.2 Å². The van der Waals surface area contributed by atoms with Crippen LogP contribution in [0, 0.1) is 10.1 Å². The number of carbonyl (C=O) groups excluding carboxylic acids is 2. The number of hydrogen-bond acceptors (Lipinski definition) is 6. The van der Waals surface area contributed by atoms with Crippen molar-refractivity contribution in [3.63, 3.8) is 0 Å². The van der Waals surface area contributed by atoms with Crippen molar-refractivity contribution in [3.8, 4) is 0 Å². The van der Waals surface area contributed by atoms with E-state index in [9.17, 15) is 19.7 Å². The molecule has 0 bridgehead atoms. The standard InChI is InChI=1S/C19H17N3O5/c23-18-16(13-5-7-14(8-6-13)22(25)26)17(20-9-1-2-10-20)19(24)21(18)12-15-4-3-11-27-15/h3-8,11H,1-2,9-10,12H2. The van der Waals surface area contributed by atoms with Gasteiger partial charge in [0.05, 0.1) is 23.3 Å². The van der Waals surface area contributed by atoms with Crippen LogP contribution >= 0.6 is 0 Å². The van der Waals surface area contributed by atoms with Crippen molar-refractivity contribution in [1.29, 1.82) is 0 Å². The van der Waals surface area contributed by atoms with Crippen LogP contribution in [-0.4, -0.2) is 39.6 Å². The molecule has 0 spiro atoms. The van der Waals surface area contributed by atoms with Crippen LogP contribution in [0.5, 0.6) is 0 Å². The Morgan fingerprint density at radius 2 is 1.74 bits per heavy atom. The second kappa shape index (κ2) is 6.71. The number of amides is 2. The Morgan fingerprint density at radius 1 is 1.04 bits per heavy atom. The van der Waals surface area contributed by atoms with E-state index < -0.39 is 10.8 Å². The van der Waals surface area contributed by atoms with Crippen molar-refractivity contribution in [2.45, 2.75) is 19.4 Å². The first kappa shape index (κ1) is 17.0. The number of carbonyl (C=O) groups is 2. The van der Waals surface area contributed by atoms with Crippen molar-refractivity contribution < 1.29 is 18.9 Å². The number of rotatable bonds is 5. The van der Waals surface area contributed by atoms with Gasteiger partial charge in [0.25, 0.3) is 17.5 Å². The minimum Gasteiger partial charge on any atom is -0.467 e. The average Bonchev–Trinajstić information content (AvgIpc) is 3.40. The monoisotopic (exact) mass is 367 g/mol. The fraction of sp³-hybridized carbons (Fsp3) is 0.263. The summed E-state index contributed by atoms with van der Waals surface area (Å²) >= 11 is 0. The number of nitrogens with zero attached hydrogens (tertiary/aromatic N) is 3. The molecule has 8 heteroatoms. The van der Waals surface area contributed by atoms with Gasteiger partial charge in [-0.05, 0) is 42.7 Å². The van der Waals surface area contributed by atoms with E-state index in [-0.39, 0.29) is 18.1 Å². The highest BCUT2D eigenvalue weighted by Crippen LogP contribution is 2.34. The van der Waals surface area contributed by atoms with E-state index in [0.29, 0.717) is 35.7 Å². The van der Waals surface area contributed by atoms with Crippen LogP contribution in [0.25, 0.3) is 5.57 Å². The smallest absolute Gasteiger partial charge is 0.278 e. The lowest BCUT2D eigenvalue weighted by atomic mass is 10.0. The van der Waals surface area contributed by atoms with E-state index in [1.807, 2.05) is 4.90 Å². The summed E-state index contributed by atoms with van der Waals surface area (Å²) in [5.41, 5.74) is 1.11. The van der Waals surface area contributed by atoms with Gasteiger partial charge in [-0.15, -0.1) is 0 Å². The molecule has 1 aromatic heterocycles. The first-order valence-corrected chi connectivity index (χ1v) is 8.69. The molecule has 2 aromatic rings. The van der Waals surface area contributed by atoms with Gasteiger partial charge in [-0.1, -0.05) is 0 Å². The van der Waals surface area contributed by atoms with Crippen LogP contribution in [0.1, 0.15) is 24.2 Å². The highest BCUT2D eigenvalue weighted by molar-refractivity contribution is 6.35. The van der Waals surface area contributed by atoms with Crippen LogP contribution in [0.3, 0.4) is 0 Å². The zero-order valence-electron chi connectivity index (χ0n) is 14.5. The Balaban J connectivity index is 1.74. The third kappa shape index (κ3) is 2.99. The Bertz CT molecular complexity index is 925. The first-order chi connectivity index (χ1) is 13.1. The summed E-state index contributed by atoms with van der Waals surface area (Å²) in [6.07, 6.45) is 3.40. The summed E-state index contributed by atoms with van der Waals surface area (Å²) in [6.45, 7) is 1.47. The maximum Gasteiger partial charge on any atom is 0.278 e. The molecule has 0 aliphatic carbocycles. The van der Waals surface area contributed by atoms with Crippen molar-refractivity contribution in [2.75, 3.05) is 13.1 Å². The van der Waals surface area contributed by atoms with Crippen LogP contribution in [0.4, 0.5) is 5.69 Å². The quantitative estimate of drug-likeness (QED) is 0.458. The van der Waals surface area contributed by atoms with Gasteiger partial charge >= 0.3 is 0 Å². The van der Waals surface area contributed by atoms with Gasteiger partial charge in [0.1, 0.15) is 11.5 Å². The molecule has 0 saturated carbocycles. The van der Waals surface area contributed by atoms with Crippen molar-refractivity contribution in [1.82, 2.24) is 9.80 Å². The summed E-state index contributed by atoms with van der Waals surface area (Å²) in [5.74, 6) is -0.249.